The molecular weight excluding hydrogens is 308 g/mol. The van der Waals surface area contributed by atoms with Gasteiger partial charge in [0.1, 0.15) is 4.90 Å². The number of ether oxygens (including phenoxy) is 1. The number of carboxylic acids is 1. The van der Waals surface area contributed by atoms with Crippen molar-refractivity contribution < 1.29 is 23.1 Å². The molecule has 1 aromatic rings. The second-order valence-corrected chi connectivity index (χ2v) is 7.05. The lowest BCUT2D eigenvalue weighted by Crippen LogP contribution is -2.38. The number of carbonyl (C=O) groups is 1. The molecule has 2 rings (SSSR count). The summed E-state index contributed by atoms with van der Waals surface area (Å²) in [7, 11) is -3.79. The van der Waals surface area contributed by atoms with Gasteiger partial charge in [0.2, 0.25) is 10.0 Å². The topological polar surface area (TPSA) is 95.9 Å². The van der Waals surface area contributed by atoms with Gasteiger partial charge in [0.05, 0.1) is 24.5 Å². The normalized spacial score (nSPS) is 16.0. The van der Waals surface area contributed by atoms with Crippen molar-refractivity contribution in [2.45, 2.75) is 24.8 Å². The van der Waals surface area contributed by atoms with E-state index < -0.39 is 16.0 Å². The van der Waals surface area contributed by atoms with E-state index in [0.717, 1.165) is 0 Å². The molecule has 1 heterocycles. The molecule has 1 aliphatic rings. The number of hydrogen-bond acceptors (Lipinski definition) is 5. The zero-order chi connectivity index (χ0) is 16.3. The Morgan fingerprint density at radius 2 is 1.95 bits per heavy atom. The maximum absolute atomic E-state index is 12.5. The van der Waals surface area contributed by atoms with Crippen molar-refractivity contribution in [3.63, 3.8) is 0 Å². The van der Waals surface area contributed by atoms with Crippen molar-refractivity contribution in [3.05, 3.63) is 23.8 Å². The lowest BCUT2D eigenvalue weighted by atomic mass is 10.2. The molecule has 8 heteroatoms. The van der Waals surface area contributed by atoms with Crippen LogP contribution in [0, 0.1) is 0 Å². The third-order valence-electron chi connectivity index (χ3n) is 3.24. The average Bonchev–Trinajstić information content (AvgIpc) is 2.46. The molecule has 0 unspecified atom stereocenters. The number of nitrogens with one attached hydrogen (secondary N) is 1. The largest absolute Gasteiger partial charge is 0.478 e. The van der Waals surface area contributed by atoms with Crippen molar-refractivity contribution in [2.75, 3.05) is 31.2 Å². The smallest absolute Gasteiger partial charge is 0.335 e. The van der Waals surface area contributed by atoms with Gasteiger partial charge in [0.15, 0.2) is 0 Å². The van der Waals surface area contributed by atoms with Crippen LogP contribution in [0.5, 0.6) is 0 Å². The number of carboxylic acid groups (broad SMARTS) is 1. The molecule has 1 aliphatic heterocycles. The van der Waals surface area contributed by atoms with E-state index in [1.54, 1.807) is 19.9 Å². The Morgan fingerprint density at radius 3 is 2.50 bits per heavy atom. The first-order valence-electron chi connectivity index (χ1n) is 7.03. The molecule has 0 aliphatic carbocycles. The number of nitrogens with zero attached hydrogens (tertiary/aromatic N) is 1. The highest BCUT2D eigenvalue weighted by Gasteiger charge is 2.25. The van der Waals surface area contributed by atoms with E-state index in [-0.39, 0.29) is 16.5 Å². The summed E-state index contributed by atoms with van der Waals surface area (Å²) in [6, 6.07) is 3.89. The van der Waals surface area contributed by atoms with Gasteiger partial charge < -0.3 is 14.7 Å². The molecular formula is C14H20N2O5S. The molecule has 0 aromatic heterocycles. The molecule has 0 bridgehead atoms. The van der Waals surface area contributed by atoms with E-state index >= 15 is 0 Å². The monoisotopic (exact) mass is 328 g/mol. The number of hydrogen-bond donors (Lipinski definition) is 2. The first kappa shape index (κ1) is 16.7. The van der Waals surface area contributed by atoms with Crippen LogP contribution in [-0.2, 0) is 14.8 Å². The molecule has 0 spiro atoms. The molecule has 0 atom stereocenters. The SMILES string of the molecule is CC(C)NS(=O)(=O)c1cc(C(=O)O)ccc1N1CCOCC1. The minimum Gasteiger partial charge on any atom is -0.478 e. The van der Waals surface area contributed by atoms with E-state index in [0.29, 0.717) is 32.0 Å². The van der Waals surface area contributed by atoms with Crippen molar-refractivity contribution in [1.29, 1.82) is 0 Å². The molecule has 2 N–H and O–H groups in total. The van der Waals surface area contributed by atoms with Gasteiger partial charge in [-0.15, -0.1) is 0 Å². The van der Waals surface area contributed by atoms with Crippen LogP contribution in [-0.4, -0.2) is 51.8 Å². The Balaban J connectivity index is 2.50. The summed E-state index contributed by atoms with van der Waals surface area (Å²) < 4.78 is 32.8. The van der Waals surface area contributed by atoms with E-state index in [4.69, 9.17) is 9.84 Å². The predicted octanol–water partition coefficient (Wildman–Crippen LogP) is 0.908. The average molecular weight is 328 g/mol. The lowest BCUT2D eigenvalue weighted by molar-refractivity contribution is 0.0696. The van der Waals surface area contributed by atoms with Crippen LogP contribution in [0.25, 0.3) is 0 Å². The van der Waals surface area contributed by atoms with Gasteiger partial charge >= 0.3 is 5.97 Å². The number of sulfonamides is 1. The summed E-state index contributed by atoms with van der Waals surface area (Å²) in [6.07, 6.45) is 0. The van der Waals surface area contributed by atoms with E-state index in [1.165, 1.54) is 12.1 Å². The standard InChI is InChI=1S/C14H20N2O5S/c1-10(2)15-22(19,20)13-9-11(14(17)18)3-4-12(13)16-5-7-21-8-6-16/h3-4,9-10,15H,5-8H2,1-2H3,(H,17,18). The number of aromatic carboxylic acids is 1. The van der Waals surface area contributed by atoms with E-state index in [1.807, 2.05) is 4.90 Å². The quantitative estimate of drug-likeness (QED) is 0.834. The maximum Gasteiger partial charge on any atom is 0.335 e. The molecule has 122 valence electrons. The summed E-state index contributed by atoms with van der Waals surface area (Å²) >= 11 is 0. The fourth-order valence-electron chi connectivity index (χ4n) is 2.30. The molecule has 1 fully saturated rings. The first-order chi connectivity index (χ1) is 10.3. The predicted molar refractivity (Wildman–Crippen MR) is 81.9 cm³/mol. The van der Waals surface area contributed by atoms with Crippen molar-refractivity contribution >= 4 is 21.7 Å². The molecule has 1 saturated heterocycles. The number of morpholine rings is 1. The molecule has 1 aromatic carbocycles. The van der Waals surface area contributed by atoms with Gasteiger partial charge in [0.25, 0.3) is 0 Å². The summed E-state index contributed by atoms with van der Waals surface area (Å²) in [4.78, 5) is 13.0. The number of benzene rings is 1. The second-order valence-electron chi connectivity index (χ2n) is 5.36. The Bertz CT molecular complexity index is 651. The summed E-state index contributed by atoms with van der Waals surface area (Å²) in [5.41, 5.74) is 0.447. The van der Waals surface area contributed by atoms with Gasteiger partial charge in [0, 0.05) is 19.1 Å². The summed E-state index contributed by atoms with van der Waals surface area (Å²) in [6.45, 7) is 5.59. The van der Waals surface area contributed by atoms with E-state index in [2.05, 4.69) is 4.72 Å². The molecule has 0 saturated carbocycles. The zero-order valence-electron chi connectivity index (χ0n) is 12.6. The highest BCUT2D eigenvalue weighted by molar-refractivity contribution is 7.89. The fourth-order valence-corrected chi connectivity index (χ4v) is 3.80. The third kappa shape index (κ3) is 3.76. The van der Waals surface area contributed by atoms with Gasteiger partial charge in [-0.05, 0) is 32.0 Å². The Kier molecular flexibility index (Phi) is 5.05. The molecule has 0 radical (unpaired) electrons. The highest BCUT2D eigenvalue weighted by atomic mass is 32.2. The van der Waals surface area contributed by atoms with E-state index in [9.17, 15) is 13.2 Å². The zero-order valence-corrected chi connectivity index (χ0v) is 13.4. The highest BCUT2D eigenvalue weighted by Crippen LogP contribution is 2.27. The van der Waals surface area contributed by atoms with Crippen LogP contribution in [0.4, 0.5) is 5.69 Å². The molecule has 22 heavy (non-hydrogen) atoms. The van der Waals surface area contributed by atoms with Crippen LogP contribution >= 0.6 is 0 Å². The fraction of sp³-hybridized carbons (Fsp3) is 0.500. The lowest BCUT2D eigenvalue weighted by Gasteiger charge is -2.30. The first-order valence-corrected chi connectivity index (χ1v) is 8.52. The van der Waals surface area contributed by atoms with Crippen molar-refractivity contribution in [2.24, 2.45) is 0 Å². The van der Waals surface area contributed by atoms with Gasteiger partial charge in [-0.25, -0.2) is 17.9 Å². The van der Waals surface area contributed by atoms with Crippen molar-refractivity contribution in [1.82, 2.24) is 4.72 Å². The minimum absolute atomic E-state index is 0.0111. The number of rotatable bonds is 5. The molecule has 0 amide bonds. The van der Waals surface area contributed by atoms with Crippen LogP contribution in [0.1, 0.15) is 24.2 Å². The Morgan fingerprint density at radius 1 is 1.32 bits per heavy atom. The summed E-state index contributed by atoms with van der Waals surface area (Å²) in [5, 5.41) is 9.11. The van der Waals surface area contributed by atoms with Crippen LogP contribution in [0.3, 0.4) is 0 Å². The molecule has 7 nitrogen and oxygen atoms in total. The third-order valence-corrected chi connectivity index (χ3v) is 4.93. The van der Waals surface area contributed by atoms with Crippen molar-refractivity contribution in [3.8, 4) is 0 Å². The van der Waals surface area contributed by atoms with Crippen LogP contribution < -0.4 is 9.62 Å². The van der Waals surface area contributed by atoms with Crippen LogP contribution in [0.15, 0.2) is 23.1 Å². The number of anilines is 1. The Labute approximate surface area is 129 Å². The minimum atomic E-state index is -3.79. The Hall–Kier alpha value is -1.64. The second kappa shape index (κ2) is 6.64. The summed E-state index contributed by atoms with van der Waals surface area (Å²) in [5.74, 6) is -1.16. The van der Waals surface area contributed by atoms with Gasteiger partial charge in [-0.3, -0.25) is 0 Å². The van der Waals surface area contributed by atoms with Gasteiger partial charge in [-0.1, -0.05) is 0 Å². The van der Waals surface area contributed by atoms with Crippen LogP contribution in [0.2, 0.25) is 0 Å². The maximum atomic E-state index is 12.5. The van der Waals surface area contributed by atoms with Gasteiger partial charge in [-0.2, -0.15) is 0 Å².